The first-order valence-corrected chi connectivity index (χ1v) is 9.97. The number of benzene rings is 1. The second-order valence-electron chi connectivity index (χ2n) is 7.83. The molecule has 6 heteroatoms. The van der Waals surface area contributed by atoms with Gasteiger partial charge in [-0.25, -0.2) is 4.39 Å². The standard InChI is InChI=1S/C21H30FN3O2/c1-15(26)23-20-7-4-10-25(19-8-11-24(12-9-19)16(2)27)21(20)14-17-5-3-6-18(22)13-17/h3,5-6,13,19-21H,4,7-12,14H2,1-2H3,(H,23,26)/t20-,21-/m0/s1. The van der Waals surface area contributed by atoms with Gasteiger partial charge < -0.3 is 10.2 Å². The van der Waals surface area contributed by atoms with E-state index in [0.717, 1.165) is 57.3 Å². The molecule has 0 aliphatic carbocycles. The van der Waals surface area contributed by atoms with E-state index in [4.69, 9.17) is 0 Å². The van der Waals surface area contributed by atoms with Crippen LogP contribution in [0.3, 0.4) is 0 Å². The van der Waals surface area contributed by atoms with Crippen LogP contribution < -0.4 is 5.32 Å². The fourth-order valence-corrected chi connectivity index (χ4v) is 4.64. The van der Waals surface area contributed by atoms with Crippen molar-refractivity contribution in [1.29, 1.82) is 0 Å². The summed E-state index contributed by atoms with van der Waals surface area (Å²) in [5.74, 6) is -0.0993. The zero-order chi connectivity index (χ0) is 19.4. The van der Waals surface area contributed by atoms with Crippen LogP contribution in [0.5, 0.6) is 0 Å². The SMILES string of the molecule is CC(=O)N[C@H]1CCCN(C2CCN(C(C)=O)CC2)[C@H]1Cc1cccc(F)c1. The van der Waals surface area contributed by atoms with Crippen LogP contribution in [0.1, 0.15) is 45.1 Å². The van der Waals surface area contributed by atoms with Gasteiger partial charge in [-0.05, 0) is 56.3 Å². The molecule has 2 amide bonds. The number of hydrogen-bond acceptors (Lipinski definition) is 3. The first kappa shape index (κ1) is 19.8. The van der Waals surface area contributed by atoms with Gasteiger partial charge in [0.2, 0.25) is 11.8 Å². The molecule has 0 unspecified atom stereocenters. The third-order valence-electron chi connectivity index (χ3n) is 5.92. The molecular weight excluding hydrogens is 345 g/mol. The lowest BCUT2D eigenvalue weighted by atomic mass is 9.87. The zero-order valence-corrected chi connectivity index (χ0v) is 16.3. The summed E-state index contributed by atoms with van der Waals surface area (Å²) >= 11 is 0. The van der Waals surface area contributed by atoms with E-state index in [-0.39, 0.29) is 29.7 Å². The van der Waals surface area contributed by atoms with Crippen molar-refractivity contribution in [2.75, 3.05) is 19.6 Å². The Morgan fingerprint density at radius 3 is 2.52 bits per heavy atom. The molecule has 0 radical (unpaired) electrons. The molecule has 0 spiro atoms. The summed E-state index contributed by atoms with van der Waals surface area (Å²) in [4.78, 5) is 27.8. The molecule has 148 valence electrons. The number of piperidine rings is 2. The molecule has 27 heavy (non-hydrogen) atoms. The van der Waals surface area contributed by atoms with Crippen LogP contribution >= 0.6 is 0 Å². The van der Waals surface area contributed by atoms with Gasteiger partial charge in [-0.15, -0.1) is 0 Å². The Morgan fingerprint density at radius 2 is 1.89 bits per heavy atom. The highest BCUT2D eigenvalue weighted by molar-refractivity contribution is 5.73. The molecule has 0 bridgehead atoms. The van der Waals surface area contributed by atoms with Gasteiger partial charge in [-0.1, -0.05) is 12.1 Å². The Labute approximate surface area is 160 Å². The first-order valence-electron chi connectivity index (χ1n) is 9.97. The predicted molar refractivity (Wildman–Crippen MR) is 103 cm³/mol. The predicted octanol–water partition coefficient (Wildman–Crippen LogP) is 2.35. The van der Waals surface area contributed by atoms with Crippen molar-refractivity contribution in [2.24, 2.45) is 0 Å². The van der Waals surface area contributed by atoms with Crippen molar-refractivity contribution in [3.8, 4) is 0 Å². The van der Waals surface area contributed by atoms with E-state index in [1.54, 1.807) is 26.0 Å². The second-order valence-corrected chi connectivity index (χ2v) is 7.83. The van der Waals surface area contributed by atoms with E-state index in [2.05, 4.69) is 10.2 Å². The summed E-state index contributed by atoms with van der Waals surface area (Å²) < 4.78 is 13.7. The van der Waals surface area contributed by atoms with Gasteiger partial charge in [0.1, 0.15) is 5.82 Å². The average molecular weight is 375 g/mol. The lowest BCUT2D eigenvalue weighted by Gasteiger charge is -2.48. The second kappa shape index (κ2) is 8.83. The number of rotatable bonds is 4. The normalized spacial score (nSPS) is 24.6. The first-order chi connectivity index (χ1) is 12.9. The number of nitrogens with one attached hydrogen (secondary N) is 1. The molecule has 1 aromatic rings. The van der Waals surface area contributed by atoms with Crippen LogP contribution in [0.15, 0.2) is 24.3 Å². The summed E-state index contributed by atoms with van der Waals surface area (Å²) in [6.07, 6.45) is 4.60. The molecule has 1 aromatic carbocycles. The van der Waals surface area contributed by atoms with Gasteiger partial charge in [-0.3, -0.25) is 14.5 Å². The number of likely N-dealkylation sites (tertiary alicyclic amines) is 2. The molecule has 2 atom stereocenters. The Bertz CT molecular complexity index is 673. The van der Waals surface area contributed by atoms with Crippen molar-refractivity contribution in [3.05, 3.63) is 35.6 Å². The number of hydrogen-bond donors (Lipinski definition) is 1. The maximum atomic E-state index is 13.7. The van der Waals surface area contributed by atoms with Crippen molar-refractivity contribution in [3.63, 3.8) is 0 Å². The van der Waals surface area contributed by atoms with Gasteiger partial charge in [0, 0.05) is 45.1 Å². The number of carbonyl (C=O) groups is 2. The highest BCUT2D eigenvalue weighted by Gasteiger charge is 2.37. The lowest BCUT2D eigenvalue weighted by Crippen LogP contribution is -2.60. The summed E-state index contributed by atoms with van der Waals surface area (Å²) in [6.45, 7) is 5.74. The molecule has 2 saturated heterocycles. The molecule has 2 aliphatic heterocycles. The largest absolute Gasteiger partial charge is 0.352 e. The monoisotopic (exact) mass is 375 g/mol. The van der Waals surface area contributed by atoms with E-state index < -0.39 is 0 Å². The molecule has 0 saturated carbocycles. The minimum Gasteiger partial charge on any atom is -0.352 e. The van der Waals surface area contributed by atoms with Crippen LogP contribution in [-0.4, -0.2) is 59.4 Å². The van der Waals surface area contributed by atoms with E-state index in [1.165, 1.54) is 6.07 Å². The van der Waals surface area contributed by atoms with Gasteiger partial charge >= 0.3 is 0 Å². The Hall–Kier alpha value is -1.95. The van der Waals surface area contributed by atoms with Crippen LogP contribution in [0.4, 0.5) is 4.39 Å². The molecule has 2 aliphatic rings. The smallest absolute Gasteiger partial charge is 0.219 e. The van der Waals surface area contributed by atoms with Crippen LogP contribution in [0.2, 0.25) is 0 Å². The quantitative estimate of drug-likeness (QED) is 0.879. The fraction of sp³-hybridized carbons (Fsp3) is 0.619. The number of nitrogens with zero attached hydrogens (tertiary/aromatic N) is 2. The molecule has 1 N–H and O–H groups in total. The molecule has 3 rings (SSSR count). The van der Waals surface area contributed by atoms with E-state index >= 15 is 0 Å². The van der Waals surface area contributed by atoms with Crippen molar-refractivity contribution >= 4 is 11.8 Å². The van der Waals surface area contributed by atoms with E-state index in [9.17, 15) is 14.0 Å². The van der Waals surface area contributed by atoms with Crippen LogP contribution in [0, 0.1) is 5.82 Å². The van der Waals surface area contributed by atoms with Crippen molar-refractivity contribution in [1.82, 2.24) is 15.1 Å². The number of halogens is 1. The Morgan fingerprint density at radius 1 is 1.15 bits per heavy atom. The fourth-order valence-electron chi connectivity index (χ4n) is 4.64. The molecular formula is C21H30FN3O2. The number of amides is 2. The summed E-state index contributed by atoms with van der Waals surface area (Å²) in [5.41, 5.74) is 0.962. The van der Waals surface area contributed by atoms with Crippen molar-refractivity contribution < 1.29 is 14.0 Å². The zero-order valence-electron chi connectivity index (χ0n) is 16.3. The van der Waals surface area contributed by atoms with Gasteiger partial charge in [0.05, 0.1) is 0 Å². The third-order valence-corrected chi connectivity index (χ3v) is 5.92. The molecule has 0 aromatic heterocycles. The van der Waals surface area contributed by atoms with Crippen molar-refractivity contribution in [2.45, 2.75) is 64.1 Å². The Kier molecular flexibility index (Phi) is 6.47. The highest BCUT2D eigenvalue weighted by Crippen LogP contribution is 2.28. The van der Waals surface area contributed by atoms with E-state index in [1.807, 2.05) is 11.0 Å². The topological polar surface area (TPSA) is 52.7 Å². The van der Waals surface area contributed by atoms with Crippen LogP contribution in [-0.2, 0) is 16.0 Å². The molecule has 2 fully saturated rings. The highest BCUT2D eigenvalue weighted by atomic mass is 19.1. The van der Waals surface area contributed by atoms with Gasteiger partial charge in [-0.2, -0.15) is 0 Å². The maximum Gasteiger partial charge on any atom is 0.219 e. The summed E-state index contributed by atoms with van der Waals surface area (Å²) in [7, 11) is 0. The Balaban J connectivity index is 1.77. The minimum atomic E-state index is -0.222. The average Bonchev–Trinajstić information content (AvgIpc) is 2.63. The van der Waals surface area contributed by atoms with Gasteiger partial charge in [0.15, 0.2) is 0 Å². The summed E-state index contributed by atoms with van der Waals surface area (Å²) in [6, 6.07) is 7.38. The minimum absolute atomic E-state index is 0.0162. The third kappa shape index (κ3) is 5.06. The summed E-state index contributed by atoms with van der Waals surface area (Å²) in [5, 5.41) is 3.12. The lowest BCUT2D eigenvalue weighted by molar-refractivity contribution is -0.131. The van der Waals surface area contributed by atoms with Gasteiger partial charge in [0.25, 0.3) is 0 Å². The van der Waals surface area contributed by atoms with E-state index in [0.29, 0.717) is 6.04 Å². The van der Waals surface area contributed by atoms with Crippen LogP contribution in [0.25, 0.3) is 0 Å². The molecule has 2 heterocycles. The maximum absolute atomic E-state index is 13.7. The number of carbonyl (C=O) groups excluding carboxylic acids is 2. The molecule has 5 nitrogen and oxygen atoms in total.